The molecule has 7 unspecified atom stereocenters. The van der Waals surface area contributed by atoms with Crippen LogP contribution < -0.4 is 0 Å². The topological polar surface area (TPSA) is 38.2 Å². The maximum absolute atomic E-state index is 7.49. The molecule has 1 aromatic heterocycles. The summed E-state index contributed by atoms with van der Waals surface area (Å²) >= 11 is 0. The van der Waals surface area contributed by atoms with Gasteiger partial charge in [0, 0.05) is 52.3 Å². The van der Waals surface area contributed by atoms with Crippen LogP contribution in [0.5, 0.6) is 0 Å². The summed E-state index contributed by atoms with van der Waals surface area (Å²) in [7, 11) is 0. The van der Waals surface area contributed by atoms with E-state index in [1.807, 2.05) is 0 Å². The number of hydrogen-bond donors (Lipinski definition) is 0. The number of hydrogen-bond acceptors (Lipinski definition) is 4. The molecule has 8 atom stereocenters. The number of fused-ring (bicyclic) bond motifs is 7. The fourth-order valence-corrected chi connectivity index (χ4v) is 10.5. The molecule has 11 rings (SSSR count). The van der Waals surface area contributed by atoms with E-state index in [-0.39, 0.29) is 41.9 Å². The van der Waals surface area contributed by atoms with Crippen molar-refractivity contribution in [1.82, 2.24) is 14.9 Å². The second-order valence-corrected chi connectivity index (χ2v) is 16.1. The molecule has 4 nitrogen and oxygen atoms in total. The van der Waals surface area contributed by atoms with Crippen LogP contribution in [0, 0.1) is 11.8 Å². The molecule has 2 aliphatic heterocycles. The fourth-order valence-electron chi connectivity index (χ4n) is 10.5. The van der Waals surface area contributed by atoms with E-state index >= 15 is 0 Å². The fraction of sp³-hybridized carbons (Fsp3) is 0.231. The highest BCUT2D eigenvalue weighted by molar-refractivity contribution is 5.92. The summed E-state index contributed by atoms with van der Waals surface area (Å²) in [5, 5.41) is 1.08. The maximum Gasteiger partial charge on any atom is 0.136 e. The van der Waals surface area contributed by atoms with Crippen molar-refractivity contribution >= 4 is 10.9 Å². The van der Waals surface area contributed by atoms with Gasteiger partial charge in [0.05, 0.1) is 29.2 Å². The number of aromatic nitrogens is 2. The second-order valence-electron chi connectivity index (χ2n) is 16.1. The van der Waals surface area contributed by atoms with Gasteiger partial charge in [-0.25, -0.2) is 9.97 Å². The largest absolute Gasteiger partial charge is 0.492 e. The Balaban J connectivity index is 1.02. The number of rotatable bonds is 5. The predicted molar refractivity (Wildman–Crippen MR) is 227 cm³/mol. The summed E-state index contributed by atoms with van der Waals surface area (Å²) in [6, 6.07) is 28.4. The summed E-state index contributed by atoms with van der Waals surface area (Å²) in [6.45, 7) is 0. The Morgan fingerprint density at radius 2 is 1.50 bits per heavy atom. The van der Waals surface area contributed by atoms with Crippen molar-refractivity contribution in [2.45, 2.75) is 61.6 Å². The van der Waals surface area contributed by atoms with Gasteiger partial charge in [-0.05, 0) is 42.5 Å². The Labute approximate surface area is 329 Å². The van der Waals surface area contributed by atoms with Crippen LogP contribution in [0.15, 0.2) is 199 Å². The average Bonchev–Trinajstić information content (AvgIpc) is 3.61. The van der Waals surface area contributed by atoms with Crippen molar-refractivity contribution in [3.63, 3.8) is 0 Å². The summed E-state index contributed by atoms with van der Waals surface area (Å²) in [5.41, 5.74) is 10.1. The van der Waals surface area contributed by atoms with E-state index in [1.165, 1.54) is 33.7 Å². The zero-order chi connectivity index (χ0) is 37.0. The summed E-state index contributed by atoms with van der Waals surface area (Å²) < 4.78 is 7.49. The summed E-state index contributed by atoms with van der Waals surface area (Å²) in [5.74, 6) is 2.90. The number of ether oxygens (including phenoxy) is 1. The van der Waals surface area contributed by atoms with Gasteiger partial charge in [-0.2, -0.15) is 0 Å². The minimum Gasteiger partial charge on any atom is -0.492 e. The lowest BCUT2D eigenvalue weighted by atomic mass is 9.74. The first-order valence-corrected chi connectivity index (χ1v) is 20.5. The van der Waals surface area contributed by atoms with Gasteiger partial charge in [-0.1, -0.05) is 170 Å². The van der Waals surface area contributed by atoms with E-state index in [2.05, 4.69) is 181 Å². The van der Waals surface area contributed by atoms with E-state index in [1.54, 1.807) is 0 Å². The molecular weight excluding hydrogens is 683 g/mol. The van der Waals surface area contributed by atoms with E-state index in [0.717, 1.165) is 53.7 Å². The molecule has 5 aliphatic carbocycles. The molecule has 0 N–H and O–H groups in total. The lowest BCUT2D eigenvalue weighted by molar-refractivity contribution is 0.0676. The van der Waals surface area contributed by atoms with Crippen LogP contribution in [0.3, 0.4) is 0 Å². The monoisotopic (exact) mass is 727 g/mol. The van der Waals surface area contributed by atoms with Crippen molar-refractivity contribution in [2.24, 2.45) is 11.8 Å². The lowest BCUT2D eigenvalue weighted by Gasteiger charge is -2.44. The molecular formula is C52H45N3O. The Bertz CT molecular complexity index is 2520. The van der Waals surface area contributed by atoms with E-state index in [0.29, 0.717) is 5.92 Å². The molecule has 4 heteroatoms. The van der Waals surface area contributed by atoms with Crippen LogP contribution in [0.4, 0.5) is 0 Å². The Morgan fingerprint density at radius 3 is 2.38 bits per heavy atom. The van der Waals surface area contributed by atoms with Crippen molar-refractivity contribution in [3.05, 3.63) is 216 Å². The Hall–Kier alpha value is -6.00. The highest BCUT2D eigenvalue weighted by atomic mass is 16.5. The molecule has 0 bridgehead atoms. The molecule has 0 fully saturated rings. The van der Waals surface area contributed by atoms with Crippen molar-refractivity contribution < 1.29 is 4.74 Å². The van der Waals surface area contributed by atoms with E-state index in [9.17, 15) is 0 Å². The average molecular weight is 728 g/mol. The van der Waals surface area contributed by atoms with Gasteiger partial charge >= 0.3 is 0 Å². The third-order valence-corrected chi connectivity index (χ3v) is 13.0. The highest BCUT2D eigenvalue weighted by Crippen LogP contribution is 2.55. The second kappa shape index (κ2) is 13.9. The van der Waals surface area contributed by atoms with Crippen molar-refractivity contribution in [2.75, 3.05) is 0 Å². The lowest BCUT2D eigenvalue weighted by Crippen LogP contribution is -2.46. The van der Waals surface area contributed by atoms with Crippen LogP contribution in [-0.4, -0.2) is 33.1 Å². The molecule has 0 radical (unpaired) electrons. The molecule has 56 heavy (non-hydrogen) atoms. The van der Waals surface area contributed by atoms with E-state index in [4.69, 9.17) is 14.7 Å². The van der Waals surface area contributed by atoms with Gasteiger partial charge in [-0.15, -0.1) is 0 Å². The molecule has 7 aliphatic rings. The first-order chi connectivity index (χ1) is 27.8. The number of allylic oxidation sites excluding steroid dienone is 13. The van der Waals surface area contributed by atoms with Gasteiger partial charge in [0.15, 0.2) is 0 Å². The van der Waals surface area contributed by atoms with Crippen LogP contribution in [0.1, 0.15) is 60.4 Å². The first kappa shape index (κ1) is 33.3. The third-order valence-electron chi connectivity index (χ3n) is 13.0. The smallest absolute Gasteiger partial charge is 0.136 e. The molecule has 4 aromatic rings. The predicted octanol–water partition coefficient (Wildman–Crippen LogP) is 11.5. The normalized spacial score (nSPS) is 29.6. The van der Waals surface area contributed by atoms with Gasteiger partial charge < -0.3 is 9.64 Å². The molecule has 274 valence electrons. The minimum atomic E-state index is 0.0315. The maximum atomic E-state index is 7.49. The Morgan fingerprint density at radius 1 is 0.661 bits per heavy atom. The molecule has 3 heterocycles. The standard InChI is InChI=1S/C52H45N3O/c1-4-17-34(18-5-1)47-43-31-32-46-48(51(43)56-50(47)36-21-8-3-9-22-36)41-27-11-10-25-39(41)40-26-13-15-30-45(40)55(46)38-24-16-23-37(33-38)52-53-44-29-14-12-28-42(44)49(54-52)35-19-6-2-7-20-35/h1-4,6-17,19-21,23-32,36-37,40,45-48,50H,5,18,22,33H2/t36?,37?,40-,45?,46?,47?,48?,50?/m1/s1. The molecule has 0 amide bonds. The molecule has 0 saturated carbocycles. The zero-order valence-corrected chi connectivity index (χ0v) is 31.4. The van der Waals surface area contributed by atoms with Gasteiger partial charge in [0.2, 0.25) is 0 Å². The van der Waals surface area contributed by atoms with Crippen LogP contribution in [0.2, 0.25) is 0 Å². The van der Waals surface area contributed by atoms with Gasteiger partial charge in [0.25, 0.3) is 0 Å². The summed E-state index contributed by atoms with van der Waals surface area (Å²) in [6.07, 6.45) is 41.3. The van der Waals surface area contributed by atoms with Gasteiger partial charge in [0.1, 0.15) is 17.7 Å². The van der Waals surface area contributed by atoms with Crippen LogP contribution >= 0.6 is 0 Å². The zero-order valence-electron chi connectivity index (χ0n) is 31.4. The molecule has 0 spiro atoms. The minimum absolute atomic E-state index is 0.0315. The van der Waals surface area contributed by atoms with E-state index < -0.39 is 0 Å². The quantitative estimate of drug-likeness (QED) is 0.205. The SMILES string of the molecule is C1=CCCC(C2C3=C(OC2C2C=CC=CC2)C2c4ccccc4[C@H]4C=CC=CC4N(C4=CC=CC(c5nc(-c6ccccc6)c6ccccc6n5)C4)C2C=C3)=C1. The molecule has 3 aromatic carbocycles. The first-order valence-electron chi connectivity index (χ1n) is 20.5. The molecule has 0 saturated heterocycles. The van der Waals surface area contributed by atoms with Crippen LogP contribution in [-0.2, 0) is 4.74 Å². The number of para-hydroxylation sites is 1. The number of nitrogens with zero attached hydrogens (tertiary/aromatic N) is 3. The summed E-state index contributed by atoms with van der Waals surface area (Å²) in [4.78, 5) is 13.3. The van der Waals surface area contributed by atoms with Gasteiger partial charge in [-0.3, -0.25) is 0 Å². The third kappa shape index (κ3) is 5.57. The van der Waals surface area contributed by atoms with Crippen molar-refractivity contribution in [3.8, 4) is 11.3 Å². The highest BCUT2D eigenvalue weighted by Gasteiger charge is 2.51. The van der Waals surface area contributed by atoms with Crippen LogP contribution in [0.25, 0.3) is 22.2 Å². The number of benzene rings is 3. The Kier molecular flexibility index (Phi) is 8.30. The van der Waals surface area contributed by atoms with Crippen molar-refractivity contribution in [1.29, 1.82) is 0 Å².